The summed E-state index contributed by atoms with van der Waals surface area (Å²) in [6, 6.07) is 6.24. The lowest BCUT2D eigenvalue weighted by Gasteiger charge is -2.37. The van der Waals surface area contributed by atoms with Crippen LogP contribution in [0.5, 0.6) is 5.75 Å². The molecule has 0 bridgehead atoms. The third kappa shape index (κ3) is 4.95. The minimum Gasteiger partial charge on any atom is -0.496 e. The Morgan fingerprint density at radius 1 is 1.29 bits per heavy atom. The van der Waals surface area contributed by atoms with Gasteiger partial charge in [-0.1, -0.05) is 17.7 Å². The maximum absolute atomic E-state index is 12.5. The summed E-state index contributed by atoms with van der Waals surface area (Å²) < 4.78 is 11.0. The first-order valence-electron chi connectivity index (χ1n) is 10.1. The molecule has 28 heavy (non-hydrogen) atoms. The Morgan fingerprint density at radius 3 is 2.68 bits per heavy atom. The number of methoxy groups -OCH3 is 1. The van der Waals surface area contributed by atoms with Gasteiger partial charge in [0.2, 0.25) is 0 Å². The van der Waals surface area contributed by atoms with E-state index in [9.17, 15) is 4.79 Å². The standard InChI is InChI=1S/C21H32N4O3/c1-16-6-7-18(27-3)17(15-16)8-9-23-21(22-2)25-12-10-24(11-13-25)20(26)19-5-4-14-28-19/h6-7,15,19H,4-5,8-14H2,1-3H3,(H,22,23). The van der Waals surface area contributed by atoms with E-state index in [0.29, 0.717) is 19.7 Å². The Morgan fingerprint density at radius 2 is 2.04 bits per heavy atom. The minimum atomic E-state index is -0.228. The second-order valence-corrected chi connectivity index (χ2v) is 7.35. The van der Waals surface area contributed by atoms with Gasteiger partial charge in [-0.25, -0.2) is 0 Å². The smallest absolute Gasteiger partial charge is 0.251 e. The highest BCUT2D eigenvalue weighted by molar-refractivity contribution is 5.82. The number of nitrogens with one attached hydrogen (secondary N) is 1. The van der Waals surface area contributed by atoms with Crippen LogP contribution in [-0.4, -0.2) is 81.3 Å². The van der Waals surface area contributed by atoms with Crippen molar-refractivity contribution >= 4 is 11.9 Å². The van der Waals surface area contributed by atoms with Gasteiger partial charge in [0.05, 0.1) is 7.11 Å². The maximum Gasteiger partial charge on any atom is 0.251 e. The number of amides is 1. The molecule has 0 aromatic heterocycles. The number of carbonyl (C=O) groups excluding carboxylic acids is 1. The van der Waals surface area contributed by atoms with Crippen LogP contribution in [0.25, 0.3) is 0 Å². The normalized spacial score (nSPS) is 20.4. The lowest BCUT2D eigenvalue weighted by atomic mass is 10.1. The molecule has 1 N–H and O–H groups in total. The van der Waals surface area contributed by atoms with Gasteiger partial charge >= 0.3 is 0 Å². The predicted molar refractivity (Wildman–Crippen MR) is 110 cm³/mol. The molecule has 0 radical (unpaired) electrons. The highest BCUT2D eigenvalue weighted by Crippen LogP contribution is 2.20. The highest BCUT2D eigenvalue weighted by atomic mass is 16.5. The van der Waals surface area contributed by atoms with Crippen LogP contribution in [0.15, 0.2) is 23.2 Å². The summed E-state index contributed by atoms with van der Waals surface area (Å²) in [5.74, 6) is 1.95. The van der Waals surface area contributed by atoms with Gasteiger partial charge in [0.1, 0.15) is 11.9 Å². The Balaban J connectivity index is 1.47. The molecule has 2 fully saturated rings. The zero-order valence-corrected chi connectivity index (χ0v) is 17.2. The first-order chi connectivity index (χ1) is 13.6. The number of carbonyl (C=O) groups is 1. The van der Waals surface area contributed by atoms with Gasteiger partial charge in [-0.2, -0.15) is 0 Å². The van der Waals surface area contributed by atoms with E-state index in [2.05, 4.69) is 34.3 Å². The molecule has 2 saturated heterocycles. The summed E-state index contributed by atoms with van der Waals surface area (Å²) in [6.45, 7) is 6.57. The summed E-state index contributed by atoms with van der Waals surface area (Å²) in [7, 11) is 3.51. The van der Waals surface area contributed by atoms with E-state index in [1.807, 2.05) is 11.0 Å². The quantitative estimate of drug-likeness (QED) is 0.611. The van der Waals surface area contributed by atoms with Crippen molar-refractivity contribution in [3.8, 4) is 5.75 Å². The van der Waals surface area contributed by atoms with Crippen LogP contribution in [0.2, 0.25) is 0 Å². The third-order valence-electron chi connectivity index (χ3n) is 5.42. The van der Waals surface area contributed by atoms with Crippen molar-refractivity contribution < 1.29 is 14.3 Å². The lowest BCUT2D eigenvalue weighted by molar-refractivity contribution is -0.142. The Bertz CT molecular complexity index is 693. The maximum atomic E-state index is 12.5. The molecule has 0 spiro atoms. The fourth-order valence-electron chi connectivity index (χ4n) is 3.86. The molecular weight excluding hydrogens is 356 g/mol. The molecule has 154 valence electrons. The van der Waals surface area contributed by atoms with Crippen LogP contribution >= 0.6 is 0 Å². The van der Waals surface area contributed by atoms with Crippen molar-refractivity contribution in [1.29, 1.82) is 0 Å². The van der Waals surface area contributed by atoms with E-state index in [1.54, 1.807) is 14.2 Å². The number of guanidine groups is 1. The molecule has 2 heterocycles. The molecule has 1 aromatic carbocycles. The Kier molecular flexibility index (Phi) is 7.14. The van der Waals surface area contributed by atoms with Gasteiger partial charge in [0.15, 0.2) is 5.96 Å². The van der Waals surface area contributed by atoms with Crippen molar-refractivity contribution in [2.75, 3.05) is 53.5 Å². The number of ether oxygens (including phenoxy) is 2. The van der Waals surface area contributed by atoms with Crippen molar-refractivity contribution in [3.63, 3.8) is 0 Å². The molecular formula is C21H32N4O3. The number of aliphatic imine (C=N–C) groups is 1. The zero-order chi connectivity index (χ0) is 19.9. The molecule has 1 amide bonds. The zero-order valence-electron chi connectivity index (χ0n) is 17.2. The van der Waals surface area contributed by atoms with E-state index >= 15 is 0 Å². The van der Waals surface area contributed by atoms with Crippen LogP contribution in [0.1, 0.15) is 24.0 Å². The second-order valence-electron chi connectivity index (χ2n) is 7.35. The van der Waals surface area contributed by atoms with Crippen LogP contribution < -0.4 is 10.1 Å². The largest absolute Gasteiger partial charge is 0.496 e. The average Bonchev–Trinajstić information content (AvgIpc) is 3.26. The first-order valence-corrected chi connectivity index (χ1v) is 10.1. The average molecular weight is 389 g/mol. The number of aryl methyl sites for hydroxylation is 1. The van der Waals surface area contributed by atoms with Crippen molar-refractivity contribution in [3.05, 3.63) is 29.3 Å². The number of piperazine rings is 1. The van der Waals surface area contributed by atoms with E-state index in [4.69, 9.17) is 9.47 Å². The summed E-state index contributed by atoms with van der Waals surface area (Å²) in [5, 5.41) is 3.45. The van der Waals surface area contributed by atoms with E-state index in [-0.39, 0.29) is 12.0 Å². The summed E-state index contributed by atoms with van der Waals surface area (Å²) >= 11 is 0. The number of rotatable bonds is 5. The lowest BCUT2D eigenvalue weighted by Crippen LogP contribution is -2.55. The van der Waals surface area contributed by atoms with Gasteiger partial charge in [-0.15, -0.1) is 0 Å². The third-order valence-corrected chi connectivity index (χ3v) is 5.42. The molecule has 3 rings (SSSR count). The molecule has 0 saturated carbocycles. The van der Waals surface area contributed by atoms with E-state index in [0.717, 1.165) is 50.6 Å². The van der Waals surface area contributed by atoms with Crippen molar-refractivity contribution in [2.24, 2.45) is 4.99 Å². The fraction of sp³-hybridized carbons (Fsp3) is 0.619. The van der Waals surface area contributed by atoms with E-state index < -0.39 is 0 Å². The van der Waals surface area contributed by atoms with Gasteiger partial charge < -0.3 is 24.6 Å². The van der Waals surface area contributed by atoms with Crippen LogP contribution in [0.3, 0.4) is 0 Å². The molecule has 0 aliphatic carbocycles. The summed E-state index contributed by atoms with van der Waals surface area (Å²) in [4.78, 5) is 21.1. The van der Waals surface area contributed by atoms with Crippen molar-refractivity contribution in [1.82, 2.24) is 15.1 Å². The van der Waals surface area contributed by atoms with Crippen LogP contribution in [0.4, 0.5) is 0 Å². The number of nitrogens with zero attached hydrogens (tertiary/aromatic N) is 3. The number of benzene rings is 1. The molecule has 2 aliphatic rings. The van der Waals surface area contributed by atoms with Crippen LogP contribution in [-0.2, 0) is 16.0 Å². The number of hydrogen-bond donors (Lipinski definition) is 1. The van der Waals surface area contributed by atoms with Gasteiger partial charge in [0.25, 0.3) is 5.91 Å². The van der Waals surface area contributed by atoms with Gasteiger partial charge in [-0.3, -0.25) is 9.79 Å². The highest BCUT2D eigenvalue weighted by Gasteiger charge is 2.30. The molecule has 1 unspecified atom stereocenters. The monoisotopic (exact) mass is 388 g/mol. The first kappa shape index (κ1) is 20.5. The van der Waals surface area contributed by atoms with E-state index in [1.165, 1.54) is 11.1 Å². The van der Waals surface area contributed by atoms with Gasteiger partial charge in [-0.05, 0) is 37.8 Å². The minimum absolute atomic E-state index is 0.145. The topological polar surface area (TPSA) is 66.4 Å². The Hall–Kier alpha value is -2.28. The summed E-state index contributed by atoms with van der Waals surface area (Å²) in [6.07, 6.45) is 2.47. The molecule has 1 atom stereocenters. The van der Waals surface area contributed by atoms with Crippen LogP contribution in [0, 0.1) is 6.92 Å². The number of hydrogen-bond acceptors (Lipinski definition) is 4. The Labute approximate surface area is 167 Å². The van der Waals surface area contributed by atoms with Gasteiger partial charge in [0, 0.05) is 46.4 Å². The predicted octanol–water partition coefficient (Wildman–Crippen LogP) is 1.44. The molecule has 1 aromatic rings. The SMILES string of the molecule is CN=C(NCCc1cc(C)ccc1OC)N1CCN(C(=O)C2CCCO2)CC1. The van der Waals surface area contributed by atoms with Crippen molar-refractivity contribution in [2.45, 2.75) is 32.3 Å². The summed E-state index contributed by atoms with van der Waals surface area (Å²) in [5.41, 5.74) is 2.42. The molecule has 7 heteroatoms. The second kappa shape index (κ2) is 9.78. The molecule has 2 aliphatic heterocycles. The fourth-order valence-corrected chi connectivity index (χ4v) is 3.86. The molecule has 7 nitrogen and oxygen atoms in total.